The van der Waals surface area contributed by atoms with Crippen molar-refractivity contribution < 1.29 is 0 Å². The van der Waals surface area contributed by atoms with Gasteiger partial charge >= 0.3 is 0 Å². The van der Waals surface area contributed by atoms with E-state index in [1.54, 1.807) is 12.4 Å². The summed E-state index contributed by atoms with van der Waals surface area (Å²) in [5, 5.41) is 6.98. The minimum Gasteiger partial charge on any atom is -0.350 e. The molecule has 3 saturated heterocycles. The number of likely N-dealkylation sites (tertiary alicyclic amines) is 2. The molecule has 3 aliphatic rings. The third-order valence-corrected chi connectivity index (χ3v) is 6.60. The number of hydrogen-bond donors (Lipinski definition) is 2. The number of anilines is 1. The maximum atomic E-state index is 4.29. The molecule has 4 heterocycles. The number of rotatable bonds is 7. The summed E-state index contributed by atoms with van der Waals surface area (Å²) in [5.74, 6) is 2.59. The van der Waals surface area contributed by atoms with Crippen molar-refractivity contribution in [3.05, 3.63) is 18.5 Å². The normalized spacial score (nSPS) is 28.4. The van der Waals surface area contributed by atoms with Gasteiger partial charge in [-0.1, -0.05) is 0 Å². The Hall–Kier alpha value is -1.24. The molecule has 4 rings (SSSR count). The molecule has 0 bridgehead atoms. The molecule has 1 unspecified atom stereocenters. The van der Waals surface area contributed by atoms with Crippen LogP contribution in [-0.4, -0.2) is 78.2 Å². The first-order valence-electron chi connectivity index (χ1n) is 11.0. The van der Waals surface area contributed by atoms with Crippen LogP contribution in [0, 0.1) is 11.8 Å². The minimum absolute atomic E-state index is 0.496. The maximum Gasteiger partial charge on any atom is 0.222 e. The maximum absolute atomic E-state index is 4.29. The number of aromatic nitrogens is 2. The average Bonchev–Trinajstić information content (AvgIpc) is 3.16. The van der Waals surface area contributed by atoms with E-state index in [-0.39, 0.29) is 0 Å². The molecule has 6 heteroatoms. The van der Waals surface area contributed by atoms with E-state index in [1.807, 2.05) is 6.07 Å². The van der Waals surface area contributed by atoms with Crippen LogP contribution in [0.5, 0.6) is 0 Å². The molecule has 27 heavy (non-hydrogen) atoms. The van der Waals surface area contributed by atoms with Gasteiger partial charge < -0.3 is 20.4 Å². The zero-order valence-corrected chi connectivity index (χ0v) is 16.7. The summed E-state index contributed by atoms with van der Waals surface area (Å²) in [6.07, 6.45) is 11.7. The van der Waals surface area contributed by atoms with E-state index >= 15 is 0 Å². The van der Waals surface area contributed by atoms with E-state index in [4.69, 9.17) is 0 Å². The summed E-state index contributed by atoms with van der Waals surface area (Å²) in [7, 11) is 0. The Bertz CT molecular complexity index is 547. The van der Waals surface area contributed by atoms with Crippen LogP contribution in [0.1, 0.15) is 38.5 Å². The Balaban J connectivity index is 1.15. The van der Waals surface area contributed by atoms with E-state index in [2.05, 4.69) is 30.4 Å². The second-order valence-corrected chi connectivity index (χ2v) is 8.75. The fourth-order valence-corrected chi connectivity index (χ4v) is 5.06. The van der Waals surface area contributed by atoms with E-state index in [0.29, 0.717) is 6.04 Å². The zero-order chi connectivity index (χ0) is 18.3. The van der Waals surface area contributed by atoms with Crippen LogP contribution in [-0.2, 0) is 0 Å². The molecule has 0 spiro atoms. The fraction of sp³-hybridized carbons (Fsp3) is 0.810. The molecule has 3 fully saturated rings. The standard InChI is InChI=1S/C21H36N6/c1-3-18(15-27(12-1)16-19-4-10-22-11-5-19)6-13-26-14-7-20(17-26)25-21-23-8-2-9-24-21/h2,8-9,18-20,22H,1,3-7,10-17H2,(H,23,24,25)/t18?,20-/m1/s1. The van der Waals surface area contributed by atoms with Gasteiger partial charge in [-0.25, -0.2) is 9.97 Å². The molecule has 1 aromatic heterocycles. The summed E-state index contributed by atoms with van der Waals surface area (Å²) in [6.45, 7) is 10.0. The molecular formula is C21H36N6. The molecule has 0 radical (unpaired) electrons. The smallest absolute Gasteiger partial charge is 0.222 e. The molecule has 0 amide bonds. The van der Waals surface area contributed by atoms with Crippen molar-refractivity contribution in [2.24, 2.45) is 11.8 Å². The highest BCUT2D eigenvalue weighted by atomic mass is 15.2. The summed E-state index contributed by atoms with van der Waals surface area (Å²) < 4.78 is 0. The number of nitrogens with one attached hydrogen (secondary N) is 2. The van der Waals surface area contributed by atoms with Crippen LogP contribution in [0.15, 0.2) is 18.5 Å². The van der Waals surface area contributed by atoms with Crippen molar-refractivity contribution in [3.8, 4) is 0 Å². The van der Waals surface area contributed by atoms with Gasteiger partial charge in [-0.3, -0.25) is 0 Å². The zero-order valence-electron chi connectivity index (χ0n) is 16.7. The van der Waals surface area contributed by atoms with Gasteiger partial charge in [-0.15, -0.1) is 0 Å². The van der Waals surface area contributed by atoms with Crippen molar-refractivity contribution in [3.63, 3.8) is 0 Å². The predicted molar refractivity (Wildman–Crippen MR) is 110 cm³/mol. The van der Waals surface area contributed by atoms with E-state index in [0.717, 1.165) is 24.3 Å². The van der Waals surface area contributed by atoms with Crippen molar-refractivity contribution in [1.29, 1.82) is 0 Å². The monoisotopic (exact) mass is 372 g/mol. The summed E-state index contributed by atoms with van der Waals surface area (Å²) in [4.78, 5) is 14.0. The first-order chi connectivity index (χ1) is 13.3. The van der Waals surface area contributed by atoms with Crippen LogP contribution in [0.2, 0.25) is 0 Å². The Morgan fingerprint density at radius 3 is 2.67 bits per heavy atom. The van der Waals surface area contributed by atoms with Crippen molar-refractivity contribution >= 4 is 5.95 Å². The lowest BCUT2D eigenvalue weighted by atomic mass is 9.92. The van der Waals surface area contributed by atoms with E-state index in [9.17, 15) is 0 Å². The highest BCUT2D eigenvalue weighted by Crippen LogP contribution is 2.24. The molecule has 1 aromatic rings. The number of piperidine rings is 2. The van der Waals surface area contributed by atoms with Crippen LogP contribution < -0.4 is 10.6 Å². The SMILES string of the molecule is c1cnc(N[C@@H]2CCN(CCC3CCCN(CC4CCNCC4)C3)C2)nc1. The first-order valence-corrected chi connectivity index (χ1v) is 11.0. The summed E-state index contributed by atoms with van der Waals surface area (Å²) in [5.41, 5.74) is 0. The van der Waals surface area contributed by atoms with Gasteiger partial charge in [0.05, 0.1) is 0 Å². The number of hydrogen-bond acceptors (Lipinski definition) is 6. The lowest BCUT2D eigenvalue weighted by molar-refractivity contribution is 0.129. The summed E-state index contributed by atoms with van der Waals surface area (Å²) >= 11 is 0. The van der Waals surface area contributed by atoms with Crippen molar-refractivity contribution in [1.82, 2.24) is 25.1 Å². The number of nitrogens with zero attached hydrogens (tertiary/aromatic N) is 4. The molecule has 0 saturated carbocycles. The van der Waals surface area contributed by atoms with Crippen molar-refractivity contribution in [2.45, 2.75) is 44.6 Å². The van der Waals surface area contributed by atoms with Crippen LogP contribution >= 0.6 is 0 Å². The molecule has 0 aliphatic carbocycles. The fourth-order valence-electron chi connectivity index (χ4n) is 5.06. The molecule has 3 aliphatic heterocycles. The third-order valence-electron chi connectivity index (χ3n) is 6.60. The van der Waals surface area contributed by atoms with Gasteiger partial charge in [0.15, 0.2) is 0 Å². The van der Waals surface area contributed by atoms with Gasteiger partial charge in [0, 0.05) is 44.6 Å². The summed E-state index contributed by atoms with van der Waals surface area (Å²) in [6, 6.07) is 2.36. The van der Waals surface area contributed by atoms with Crippen molar-refractivity contribution in [2.75, 3.05) is 57.7 Å². The van der Waals surface area contributed by atoms with Crippen LogP contribution in [0.25, 0.3) is 0 Å². The Morgan fingerprint density at radius 1 is 0.963 bits per heavy atom. The Labute approximate surface area is 164 Å². The Morgan fingerprint density at radius 2 is 1.81 bits per heavy atom. The molecule has 0 aromatic carbocycles. The molecule has 6 nitrogen and oxygen atoms in total. The van der Waals surface area contributed by atoms with Crippen LogP contribution in [0.3, 0.4) is 0 Å². The minimum atomic E-state index is 0.496. The van der Waals surface area contributed by atoms with Crippen LogP contribution in [0.4, 0.5) is 5.95 Å². The Kier molecular flexibility index (Phi) is 6.93. The predicted octanol–water partition coefficient (Wildman–Crippen LogP) is 2.06. The van der Waals surface area contributed by atoms with Gasteiger partial charge in [-0.2, -0.15) is 0 Å². The molecule has 150 valence electrons. The van der Waals surface area contributed by atoms with E-state index in [1.165, 1.54) is 84.3 Å². The van der Waals surface area contributed by atoms with Gasteiger partial charge in [-0.05, 0) is 82.6 Å². The topological polar surface area (TPSA) is 56.3 Å². The highest BCUT2D eigenvalue weighted by Gasteiger charge is 2.26. The lowest BCUT2D eigenvalue weighted by Crippen LogP contribution is -2.42. The second kappa shape index (κ2) is 9.80. The molecule has 2 N–H and O–H groups in total. The average molecular weight is 373 g/mol. The quantitative estimate of drug-likeness (QED) is 0.764. The first kappa shape index (κ1) is 19.1. The molecular weight excluding hydrogens is 336 g/mol. The lowest BCUT2D eigenvalue weighted by Gasteiger charge is -2.36. The van der Waals surface area contributed by atoms with E-state index < -0.39 is 0 Å². The highest BCUT2D eigenvalue weighted by molar-refractivity contribution is 5.24. The van der Waals surface area contributed by atoms with Gasteiger partial charge in [0.1, 0.15) is 0 Å². The van der Waals surface area contributed by atoms with Gasteiger partial charge in [0.25, 0.3) is 0 Å². The van der Waals surface area contributed by atoms with Gasteiger partial charge in [0.2, 0.25) is 5.95 Å². The third kappa shape index (κ3) is 5.87. The second-order valence-electron chi connectivity index (χ2n) is 8.75. The largest absolute Gasteiger partial charge is 0.350 e. The molecule has 2 atom stereocenters.